The van der Waals surface area contributed by atoms with Crippen molar-refractivity contribution in [2.24, 2.45) is 5.73 Å². The molecule has 0 aliphatic heterocycles. The lowest BCUT2D eigenvalue weighted by Gasteiger charge is -2.15. The Kier molecular flexibility index (Phi) is 3.77. The molecule has 90 valence electrons. The second kappa shape index (κ2) is 4.71. The zero-order valence-corrected chi connectivity index (χ0v) is 8.58. The highest BCUT2D eigenvalue weighted by molar-refractivity contribution is 5.40. The molecule has 0 bridgehead atoms. The van der Waals surface area contributed by atoms with Crippen LogP contribution in [0.3, 0.4) is 0 Å². The van der Waals surface area contributed by atoms with E-state index in [0.29, 0.717) is 5.56 Å². The predicted molar refractivity (Wildman–Crippen MR) is 52.0 cm³/mol. The van der Waals surface area contributed by atoms with E-state index in [9.17, 15) is 13.2 Å². The summed E-state index contributed by atoms with van der Waals surface area (Å²) in [4.78, 5) is 0. The minimum Gasteiger partial charge on any atom is -0.496 e. The van der Waals surface area contributed by atoms with Crippen LogP contribution in [-0.4, -0.2) is 18.8 Å². The molecule has 0 spiro atoms. The topological polar surface area (TPSA) is 55.5 Å². The van der Waals surface area contributed by atoms with Gasteiger partial charge in [0.2, 0.25) is 0 Å². The number of ether oxygens (including phenoxy) is 1. The molecule has 6 heteroatoms. The average molecular weight is 235 g/mol. The number of benzene rings is 1. The van der Waals surface area contributed by atoms with Gasteiger partial charge in [0.25, 0.3) is 0 Å². The minimum absolute atomic E-state index is 0.297. The number of rotatable bonds is 3. The number of nitrogens with two attached hydrogens (primary N) is 1. The maximum atomic E-state index is 12.5. The van der Waals surface area contributed by atoms with E-state index in [1.807, 2.05) is 0 Å². The second-order valence-electron chi connectivity index (χ2n) is 3.25. The highest BCUT2D eigenvalue weighted by Crippen LogP contribution is 2.37. The average Bonchev–Trinajstić information content (AvgIpc) is 2.25. The molecule has 0 aliphatic carbocycles. The number of hydrogen-bond donors (Lipinski definition) is 2. The molecule has 0 saturated carbocycles. The van der Waals surface area contributed by atoms with Crippen molar-refractivity contribution in [2.75, 3.05) is 13.7 Å². The van der Waals surface area contributed by atoms with Gasteiger partial charge in [0.05, 0.1) is 25.3 Å². The van der Waals surface area contributed by atoms with Gasteiger partial charge in [-0.3, -0.25) is 0 Å². The van der Waals surface area contributed by atoms with Crippen molar-refractivity contribution in [2.45, 2.75) is 12.2 Å². The van der Waals surface area contributed by atoms with Crippen LogP contribution in [0.2, 0.25) is 0 Å². The summed E-state index contributed by atoms with van der Waals surface area (Å²) in [6.45, 7) is -0.339. The van der Waals surface area contributed by atoms with E-state index in [4.69, 9.17) is 10.8 Å². The van der Waals surface area contributed by atoms with Crippen LogP contribution in [0.25, 0.3) is 0 Å². The zero-order valence-electron chi connectivity index (χ0n) is 8.58. The van der Waals surface area contributed by atoms with Gasteiger partial charge < -0.3 is 15.6 Å². The number of aliphatic hydroxyl groups excluding tert-OH is 1. The van der Waals surface area contributed by atoms with Crippen LogP contribution in [0.5, 0.6) is 5.75 Å². The van der Waals surface area contributed by atoms with Crippen LogP contribution in [0.1, 0.15) is 17.2 Å². The first-order valence-electron chi connectivity index (χ1n) is 4.51. The molecule has 0 heterocycles. The lowest BCUT2D eigenvalue weighted by atomic mass is 10.0. The minimum atomic E-state index is -4.47. The van der Waals surface area contributed by atoms with Crippen LogP contribution in [0.15, 0.2) is 18.2 Å². The molecule has 0 radical (unpaired) electrons. The van der Waals surface area contributed by atoms with Crippen LogP contribution in [0.4, 0.5) is 13.2 Å². The molecular formula is C10H12F3NO2. The summed E-state index contributed by atoms with van der Waals surface area (Å²) in [5, 5.41) is 8.79. The van der Waals surface area contributed by atoms with E-state index in [1.165, 1.54) is 12.1 Å². The maximum Gasteiger partial charge on any atom is 0.419 e. The molecule has 0 fully saturated rings. The summed E-state index contributed by atoms with van der Waals surface area (Å²) in [7, 11) is 1.15. The van der Waals surface area contributed by atoms with Crippen LogP contribution < -0.4 is 10.5 Å². The molecule has 0 aromatic heterocycles. The number of aliphatic hydroxyl groups is 1. The monoisotopic (exact) mass is 235 g/mol. The van der Waals surface area contributed by atoms with E-state index in [-0.39, 0.29) is 12.4 Å². The first-order valence-corrected chi connectivity index (χ1v) is 4.51. The molecule has 1 atom stereocenters. The summed E-state index contributed by atoms with van der Waals surface area (Å²) in [6, 6.07) is 2.59. The molecule has 0 unspecified atom stereocenters. The van der Waals surface area contributed by atoms with Crippen molar-refractivity contribution in [1.82, 2.24) is 0 Å². The van der Waals surface area contributed by atoms with Crippen LogP contribution in [0, 0.1) is 0 Å². The Morgan fingerprint density at radius 2 is 2.06 bits per heavy atom. The van der Waals surface area contributed by atoms with Gasteiger partial charge in [0, 0.05) is 0 Å². The van der Waals surface area contributed by atoms with E-state index in [0.717, 1.165) is 13.2 Å². The van der Waals surface area contributed by atoms with Crippen molar-refractivity contribution >= 4 is 0 Å². The van der Waals surface area contributed by atoms with Crippen LogP contribution >= 0.6 is 0 Å². The first kappa shape index (κ1) is 12.8. The SMILES string of the molecule is COc1cc([C@H](N)CO)ccc1C(F)(F)F. The quantitative estimate of drug-likeness (QED) is 0.838. The van der Waals surface area contributed by atoms with Gasteiger partial charge in [-0.1, -0.05) is 6.07 Å². The Morgan fingerprint density at radius 1 is 1.44 bits per heavy atom. The summed E-state index contributed by atoms with van der Waals surface area (Å²) in [6.07, 6.45) is -4.47. The molecular weight excluding hydrogens is 223 g/mol. The maximum absolute atomic E-state index is 12.5. The molecule has 1 rings (SSSR count). The molecule has 0 amide bonds. The lowest BCUT2D eigenvalue weighted by Crippen LogP contribution is -2.15. The number of methoxy groups -OCH3 is 1. The fourth-order valence-corrected chi connectivity index (χ4v) is 1.28. The van der Waals surface area contributed by atoms with Crippen molar-refractivity contribution in [3.05, 3.63) is 29.3 Å². The van der Waals surface area contributed by atoms with Crippen molar-refractivity contribution in [1.29, 1.82) is 0 Å². The van der Waals surface area contributed by atoms with Gasteiger partial charge in [-0.2, -0.15) is 13.2 Å². The first-order chi connectivity index (χ1) is 7.40. The summed E-state index contributed by atoms with van der Waals surface area (Å²) >= 11 is 0. The third kappa shape index (κ3) is 2.65. The van der Waals surface area contributed by atoms with Gasteiger partial charge in [-0.15, -0.1) is 0 Å². The molecule has 1 aromatic carbocycles. The molecule has 3 nitrogen and oxygen atoms in total. The molecule has 1 aromatic rings. The number of halogens is 3. The third-order valence-electron chi connectivity index (χ3n) is 2.16. The summed E-state index contributed by atoms with van der Waals surface area (Å²) < 4.78 is 42.1. The Labute approximate surface area is 90.6 Å². The summed E-state index contributed by atoms with van der Waals surface area (Å²) in [5.41, 5.74) is 5.03. The Bertz CT molecular complexity index is 366. The molecule has 3 N–H and O–H groups in total. The Morgan fingerprint density at radius 3 is 2.50 bits per heavy atom. The Hall–Kier alpha value is -1.27. The highest BCUT2D eigenvalue weighted by atomic mass is 19.4. The zero-order chi connectivity index (χ0) is 12.3. The Balaban J connectivity index is 3.17. The standard InChI is InChI=1S/C10H12F3NO2/c1-16-9-4-6(8(14)5-15)2-3-7(9)10(11,12)13/h2-4,8,15H,5,14H2,1H3/t8-/m1/s1. The van der Waals surface area contributed by atoms with E-state index < -0.39 is 17.8 Å². The van der Waals surface area contributed by atoms with Gasteiger partial charge >= 0.3 is 6.18 Å². The molecule has 0 saturated heterocycles. The smallest absolute Gasteiger partial charge is 0.419 e. The van der Waals surface area contributed by atoms with Gasteiger partial charge in [0.15, 0.2) is 0 Å². The van der Waals surface area contributed by atoms with Crippen molar-refractivity contribution in [3.8, 4) is 5.75 Å². The normalized spacial score (nSPS) is 13.6. The van der Waals surface area contributed by atoms with Crippen molar-refractivity contribution < 1.29 is 23.0 Å². The fourth-order valence-electron chi connectivity index (χ4n) is 1.28. The molecule has 16 heavy (non-hydrogen) atoms. The van der Waals surface area contributed by atoms with E-state index >= 15 is 0 Å². The summed E-state index contributed by atoms with van der Waals surface area (Å²) in [5.74, 6) is -0.297. The van der Waals surface area contributed by atoms with Crippen LogP contribution in [-0.2, 0) is 6.18 Å². The van der Waals surface area contributed by atoms with Gasteiger partial charge in [0.1, 0.15) is 5.75 Å². The van der Waals surface area contributed by atoms with E-state index in [2.05, 4.69) is 4.74 Å². The van der Waals surface area contributed by atoms with Gasteiger partial charge in [-0.25, -0.2) is 0 Å². The second-order valence-corrected chi connectivity index (χ2v) is 3.25. The van der Waals surface area contributed by atoms with E-state index in [1.54, 1.807) is 0 Å². The predicted octanol–water partition coefficient (Wildman–Crippen LogP) is 1.71. The molecule has 0 aliphatic rings. The van der Waals surface area contributed by atoms with Gasteiger partial charge in [-0.05, 0) is 17.7 Å². The number of hydrogen-bond acceptors (Lipinski definition) is 3. The third-order valence-corrected chi connectivity index (χ3v) is 2.16. The number of alkyl halides is 3. The largest absolute Gasteiger partial charge is 0.496 e. The lowest BCUT2D eigenvalue weighted by molar-refractivity contribution is -0.138. The van der Waals surface area contributed by atoms with Crippen molar-refractivity contribution in [3.63, 3.8) is 0 Å². The highest BCUT2D eigenvalue weighted by Gasteiger charge is 2.34. The fraction of sp³-hybridized carbons (Fsp3) is 0.400.